The Labute approximate surface area is 172 Å². The minimum absolute atomic E-state index is 0.344. The number of amides is 2. The normalized spacial score (nSPS) is 10.7. The van der Waals surface area contributed by atoms with Gasteiger partial charge in [-0.2, -0.15) is 0 Å². The number of anilines is 2. The van der Waals surface area contributed by atoms with Gasteiger partial charge in [0.2, 0.25) is 5.91 Å². The molecule has 2 aromatic heterocycles. The molecule has 3 aromatic rings. The average molecular weight is 497 g/mol. The Hall–Kier alpha value is -2.47. The summed E-state index contributed by atoms with van der Waals surface area (Å²) < 4.78 is 6.21. The first-order valence-electron chi connectivity index (χ1n) is 7.92. The number of carbonyl (C=O) groups excluding carboxylic acids is 2. The number of aromatic nitrogens is 2. The summed E-state index contributed by atoms with van der Waals surface area (Å²) >= 11 is 3.42. The van der Waals surface area contributed by atoms with Gasteiger partial charge in [0, 0.05) is 9.99 Å². The Bertz CT molecular complexity index is 1040. The molecule has 0 saturated heterocycles. The van der Waals surface area contributed by atoms with E-state index in [1.54, 1.807) is 18.2 Å². The van der Waals surface area contributed by atoms with E-state index in [1.165, 1.54) is 17.7 Å². The summed E-state index contributed by atoms with van der Waals surface area (Å²) in [5, 5.41) is 3.96. The van der Waals surface area contributed by atoms with Gasteiger partial charge in [0.25, 0.3) is 5.91 Å². The highest BCUT2D eigenvalue weighted by molar-refractivity contribution is 14.1. The second kappa shape index (κ2) is 8.05. The third-order valence-corrected chi connectivity index (χ3v) is 5.68. The maximum absolute atomic E-state index is 11.8. The second-order valence-electron chi connectivity index (χ2n) is 5.44. The van der Waals surface area contributed by atoms with Crippen LogP contribution in [0.1, 0.15) is 32.5 Å². The van der Waals surface area contributed by atoms with Gasteiger partial charge in [-0.25, -0.2) is 9.97 Å². The summed E-state index contributed by atoms with van der Waals surface area (Å²) in [7, 11) is 0. The average Bonchev–Trinajstić information content (AvgIpc) is 3.03. The van der Waals surface area contributed by atoms with Crippen molar-refractivity contribution in [2.24, 2.45) is 11.5 Å². The number of alkyl halides is 1. The molecule has 2 heterocycles. The molecule has 0 atom stereocenters. The Balaban J connectivity index is 2.12. The quantitative estimate of drug-likeness (QED) is 0.340. The lowest BCUT2D eigenvalue weighted by Crippen LogP contribution is -2.11. The molecule has 3 rings (SSSR count). The number of ether oxygens (including phenoxy) is 1. The molecular weight excluding hydrogens is 481 g/mol. The zero-order valence-corrected chi connectivity index (χ0v) is 17.3. The van der Waals surface area contributed by atoms with Gasteiger partial charge in [-0.15, -0.1) is 11.3 Å². The number of nitrogens with zero attached hydrogens (tertiary/aromatic N) is 2. The Morgan fingerprint density at radius 1 is 1.26 bits per heavy atom. The van der Waals surface area contributed by atoms with Gasteiger partial charge in [-0.05, 0) is 30.7 Å². The number of nitrogens with two attached hydrogens (primary N) is 2. The van der Waals surface area contributed by atoms with E-state index in [2.05, 4.69) is 37.9 Å². The van der Waals surface area contributed by atoms with Crippen LogP contribution in [-0.2, 0) is 4.43 Å². The lowest BCUT2D eigenvalue weighted by molar-refractivity contribution is 0.0993. The van der Waals surface area contributed by atoms with Crippen LogP contribution in [0.2, 0.25) is 0 Å². The number of carbonyl (C=O) groups is 2. The lowest BCUT2D eigenvalue weighted by Gasteiger charge is -2.13. The van der Waals surface area contributed by atoms with Crippen molar-refractivity contribution in [1.29, 1.82) is 0 Å². The third-order valence-electron chi connectivity index (χ3n) is 3.76. The van der Waals surface area contributed by atoms with E-state index in [9.17, 15) is 9.59 Å². The molecular formula is C17H16IN5O3S. The minimum atomic E-state index is -0.539. The summed E-state index contributed by atoms with van der Waals surface area (Å²) in [6.07, 6.45) is 1.42. The van der Waals surface area contributed by atoms with Gasteiger partial charge in [0.1, 0.15) is 22.7 Å². The zero-order valence-electron chi connectivity index (χ0n) is 14.3. The minimum Gasteiger partial charge on any atom is -0.492 e. The molecule has 0 radical (unpaired) electrons. The number of nitrogens with one attached hydrogen (secondary N) is 1. The highest BCUT2D eigenvalue weighted by Crippen LogP contribution is 2.37. The largest absolute Gasteiger partial charge is 0.492 e. The molecule has 0 unspecified atom stereocenters. The van der Waals surface area contributed by atoms with E-state index in [1.807, 2.05) is 6.92 Å². The summed E-state index contributed by atoms with van der Waals surface area (Å²) in [6, 6.07) is 4.88. The van der Waals surface area contributed by atoms with Crippen LogP contribution < -0.4 is 21.5 Å². The molecule has 2 amide bonds. The van der Waals surface area contributed by atoms with Gasteiger partial charge >= 0.3 is 0 Å². The molecule has 1 aromatic carbocycles. The number of halogens is 1. The molecule has 140 valence electrons. The molecule has 0 aliphatic carbocycles. The van der Waals surface area contributed by atoms with Gasteiger partial charge in [-0.3, -0.25) is 9.59 Å². The molecule has 0 spiro atoms. The van der Waals surface area contributed by atoms with Crippen LogP contribution in [0.25, 0.3) is 10.2 Å². The molecule has 0 aliphatic heterocycles. The van der Waals surface area contributed by atoms with E-state index in [4.69, 9.17) is 16.2 Å². The van der Waals surface area contributed by atoms with E-state index < -0.39 is 11.8 Å². The number of thiophene rings is 1. The topological polar surface area (TPSA) is 133 Å². The van der Waals surface area contributed by atoms with Crippen molar-refractivity contribution in [3.63, 3.8) is 0 Å². The van der Waals surface area contributed by atoms with E-state index in [0.717, 1.165) is 10.9 Å². The second-order valence-corrected chi connectivity index (χ2v) is 7.21. The predicted octanol–water partition coefficient (Wildman–Crippen LogP) is 2.97. The Morgan fingerprint density at radius 2 is 2.04 bits per heavy atom. The molecule has 0 fully saturated rings. The van der Waals surface area contributed by atoms with Crippen molar-refractivity contribution >= 4 is 67.5 Å². The highest BCUT2D eigenvalue weighted by Gasteiger charge is 2.20. The van der Waals surface area contributed by atoms with Gasteiger partial charge in [0.05, 0.1) is 22.6 Å². The van der Waals surface area contributed by atoms with Crippen molar-refractivity contribution in [1.82, 2.24) is 9.97 Å². The maximum atomic E-state index is 11.8. The van der Waals surface area contributed by atoms with Crippen LogP contribution in [0.5, 0.6) is 5.75 Å². The number of hydrogen-bond acceptors (Lipinski definition) is 7. The third kappa shape index (κ3) is 3.81. The maximum Gasteiger partial charge on any atom is 0.259 e. The summed E-state index contributed by atoms with van der Waals surface area (Å²) in [5.74, 6) is -0.0235. The molecule has 10 heteroatoms. The van der Waals surface area contributed by atoms with Crippen LogP contribution in [0.15, 0.2) is 24.5 Å². The fourth-order valence-electron chi connectivity index (χ4n) is 2.59. The molecule has 0 bridgehead atoms. The first-order chi connectivity index (χ1) is 13.0. The van der Waals surface area contributed by atoms with Crippen LogP contribution in [0.4, 0.5) is 11.5 Å². The monoisotopic (exact) mass is 497 g/mol. The van der Waals surface area contributed by atoms with Crippen molar-refractivity contribution in [3.05, 3.63) is 40.5 Å². The Morgan fingerprint density at radius 3 is 2.67 bits per heavy atom. The van der Waals surface area contributed by atoms with Crippen LogP contribution in [0, 0.1) is 0 Å². The summed E-state index contributed by atoms with van der Waals surface area (Å²) in [5.41, 5.74) is 12.6. The fourth-order valence-corrected chi connectivity index (χ4v) is 4.63. The van der Waals surface area contributed by atoms with Crippen LogP contribution in [0.3, 0.4) is 0 Å². The van der Waals surface area contributed by atoms with Gasteiger partial charge < -0.3 is 21.5 Å². The smallest absolute Gasteiger partial charge is 0.259 e. The predicted molar refractivity (Wildman–Crippen MR) is 113 cm³/mol. The number of rotatable bonds is 7. The van der Waals surface area contributed by atoms with Gasteiger partial charge in [0.15, 0.2) is 0 Å². The summed E-state index contributed by atoms with van der Waals surface area (Å²) in [4.78, 5) is 32.9. The first kappa shape index (κ1) is 19.3. The molecule has 8 nitrogen and oxygen atoms in total. The number of fused-ring (bicyclic) bond motifs is 1. The number of benzene rings is 1. The van der Waals surface area contributed by atoms with Crippen molar-refractivity contribution < 1.29 is 14.3 Å². The molecule has 5 N–H and O–H groups in total. The van der Waals surface area contributed by atoms with E-state index >= 15 is 0 Å². The fraction of sp³-hybridized carbons (Fsp3) is 0.176. The number of hydrogen-bond donors (Lipinski definition) is 3. The summed E-state index contributed by atoms with van der Waals surface area (Å²) in [6.45, 7) is 2.26. The van der Waals surface area contributed by atoms with E-state index in [-0.39, 0.29) is 0 Å². The SMILES string of the molecule is CCOc1cc(C(N)=O)ccc1Nc1ncnc2sc(C(N)=O)c(CI)c12. The van der Waals surface area contributed by atoms with Crippen LogP contribution >= 0.6 is 33.9 Å². The number of primary amides is 2. The van der Waals surface area contributed by atoms with Crippen molar-refractivity contribution in [3.8, 4) is 5.75 Å². The first-order valence-corrected chi connectivity index (χ1v) is 10.3. The molecule has 0 saturated carbocycles. The van der Waals surface area contributed by atoms with Crippen molar-refractivity contribution in [2.75, 3.05) is 11.9 Å². The standard InChI is InChI=1S/C17H16IN5O3S/c1-2-26-11-5-8(14(19)24)3-4-10(11)23-16-12-9(6-18)13(15(20)25)27-17(12)22-7-21-16/h3-5,7H,2,6H2,1H3,(H2,19,24)(H2,20,25)(H,21,22,23). The Kier molecular flexibility index (Phi) is 5.75. The zero-order chi connectivity index (χ0) is 19.6. The van der Waals surface area contributed by atoms with Gasteiger partial charge in [-0.1, -0.05) is 22.6 Å². The van der Waals surface area contributed by atoms with Crippen molar-refractivity contribution in [2.45, 2.75) is 11.4 Å². The van der Waals surface area contributed by atoms with Crippen LogP contribution in [-0.4, -0.2) is 28.4 Å². The molecule has 0 aliphatic rings. The molecule has 27 heavy (non-hydrogen) atoms. The highest BCUT2D eigenvalue weighted by atomic mass is 127. The lowest BCUT2D eigenvalue weighted by atomic mass is 10.1. The van der Waals surface area contributed by atoms with E-state index in [0.29, 0.717) is 43.6 Å².